The van der Waals surface area contributed by atoms with Crippen molar-refractivity contribution in [3.63, 3.8) is 0 Å². The van der Waals surface area contributed by atoms with E-state index in [4.69, 9.17) is 34.7 Å². The van der Waals surface area contributed by atoms with Gasteiger partial charge in [-0.25, -0.2) is 24.5 Å². The molecule has 4 aromatic heterocycles. The summed E-state index contributed by atoms with van der Waals surface area (Å²) in [5.74, 6) is -0.515. The van der Waals surface area contributed by atoms with Crippen LogP contribution in [0.3, 0.4) is 0 Å². The number of aromatic amines is 1. The lowest BCUT2D eigenvalue weighted by molar-refractivity contribution is -0.183. The summed E-state index contributed by atoms with van der Waals surface area (Å²) in [5.41, 5.74) is 10.5. The molecule has 0 aromatic carbocycles. The summed E-state index contributed by atoms with van der Waals surface area (Å²) in [4.78, 5) is 35.2. The Labute approximate surface area is 238 Å². The summed E-state index contributed by atoms with van der Waals surface area (Å²) in [6.45, 7) is -4.66. The normalized spacial score (nSPS) is 36.5. The maximum atomic E-state index is 13.5. The third kappa shape index (κ3) is 3.77. The largest absolute Gasteiger partial charge is 0.390 e. The van der Waals surface area contributed by atoms with Gasteiger partial charge in [-0.05, 0) is 0 Å². The number of ether oxygens (including phenoxy) is 3. The first-order chi connectivity index (χ1) is 20.1. The highest BCUT2D eigenvalue weighted by atomic mass is 32.7. The summed E-state index contributed by atoms with van der Waals surface area (Å²) in [6, 6.07) is 0. The Hall–Kier alpha value is -3.20. The summed E-state index contributed by atoms with van der Waals surface area (Å²) < 4.78 is 45.9. The lowest BCUT2D eigenvalue weighted by atomic mass is 10.0. The second-order valence-electron chi connectivity index (χ2n) is 10.5. The molecule has 21 heteroatoms. The monoisotopic (exact) mass is 622 g/mol. The number of aliphatic hydroxyl groups is 2. The molecule has 2 bridgehead atoms. The van der Waals surface area contributed by atoms with Gasteiger partial charge in [-0.15, -0.1) is 0 Å². The van der Waals surface area contributed by atoms with Crippen LogP contribution in [-0.4, -0.2) is 98.6 Å². The van der Waals surface area contributed by atoms with E-state index in [0.29, 0.717) is 11.2 Å². The first-order valence-corrected chi connectivity index (χ1v) is 15.4. The van der Waals surface area contributed by atoms with E-state index < -0.39 is 73.5 Å². The third-order valence-corrected chi connectivity index (χ3v) is 9.64. The molecule has 19 nitrogen and oxygen atoms in total. The van der Waals surface area contributed by atoms with Crippen molar-refractivity contribution in [2.75, 3.05) is 24.7 Å². The minimum absolute atomic E-state index is 0.00890. The number of aliphatic hydroxyl groups excluding tert-OH is 2. The van der Waals surface area contributed by atoms with Gasteiger partial charge in [-0.2, -0.15) is 4.98 Å². The van der Waals surface area contributed by atoms with E-state index in [1.807, 2.05) is 0 Å². The van der Waals surface area contributed by atoms with Crippen LogP contribution >= 0.6 is 19.0 Å². The molecule has 8 rings (SSSR count). The van der Waals surface area contributed by atoms with Gasteiger partial charge in [0.25, 0.3) is 5.56 Å². The van der Waals surface area contributed by atoms with Gasteiger partial charge in [0, 0.05) is 5.92 Å². The number of nitrogens with two attached hydrogens (primary N) is 2. The van der Waals surface area contributed by atoms with Crippen LogP contribution in [0, 0.1) is 5.92 Å². The number of rotatable bonds is 7. The van der Waals surface area contributed by atoms with Crippen molar-refractivity contribution in [3.05, 3.63) is 29.3 Å². The number of aromatic nitrogens is 8. The van der Waals surface area contributed by atoms with E-state index >= 15 is 0 Å². The first kappa shape index (κ1) is 26.4. The Kier molecular flexibility index (Phi) is 5.61. The molecule has 0 radical (unpaired) electrons. The molecule has 3 unspecified atom stereocenters. The number of fused-ring (bicyclic) bond motifs is 5. The average molecular weight is 623 g/mol. The van der Waals surface area contributed by atoms with Crippen LogP contribution in [0.2, 0.25) is 0 Å². The molecule has 1 aliphatic carbocycles. The van der Waals surface area contributed by atoms with E-state index in [0.717, 1.165) is 0 Å². The summed E-state index contributed by atoms with van der Waals surface area (Å²) in [7, 11) is 0. The molecule has 222 valence electrons. The van der Waals surface area contributed by atoms with Gasteiger partial charge in [-0.1, -0.05) is 12.2 Å². The van der Waals surface area contributed by atoms with Crippen LogP contribution in [0.25, 0.3) is 22.3 Å². The minimum Gasteiger partial charge on any atom is -0.390 e. The zero-order valence-electron chi connectivity index (χ0n) is 21.2. The number of imidazole rings is 2. The van der Waals surface area contributed by atoms with Crippen molar-refractivity contribution in [2.24, 2.45) is 5.92 Å². The molecule has 10 atom stereocenters. The maximum absolute atomic E-state index is 13.5. The van der Waals surface area contributed by atoms with Crippen molar-refractivity contribution >= 4 is 53.1 Å². The molecule has 4 fully saturated rings. The standard InChI is InChI=1S/C21H23N10O9PS/c22-14-7-15(25-3-24-14)30(4-26-7)19-12-13(33)21(39-19,1-36-12)2-37-41(35,42)40-11-6-9(32)10(6)38-18(11)31-5-27-8-16(31)28-20(23)29-17(8)34/h3-6,9-13,18-19,32-33H,1-2H2,(H,35,42)(H2,22,24,25)(H3,23,28,29,34)/t6?,9?,10-,11-,12+,13-,18+,19+,21+,41?/m0/s1. The maximum Gasteiger partial charge on any atom is 0.386 e. The van der Waals surface area contributed by atoms with E-state index in [1.54, 1.807) is 4.57 Å². The van der Waals surface area contributed by atoms with Crippen LogP contribution < -0.4 is 17.0 Å². The van der Waals surface area contributed by atoms with Crippen LogP contribution in [0.15, 0.2) is 23.8 Å². The van der Waals surface area contributed by atoms with Crippen LogP contribution in [0.4, 0.5) is 11.8 Å². The molecule has 3 saturated heterocycles. The summed E-state index contributed by atoms with van der Waals surface area (Å²) in [5, 5.41) is 21.4. The highest BCUT2D eigenvalue weighted by Crippen LogP contribution is 2.62. The van der Waals surface area contributed by atoms with E-state index in [2.05, 4.69) is 42.2 Å². The van der Waals surface area contributed by atoms with E-state index in [9.17, 15) is 19.6 Å². The fourth-order valence-electron chi connectivity index (χ4n) is 5.92. The molecular formula is C21H23N10O9PS. The molecule has 7 N–H and O–H groups in total. The predicted molar refractivity (Wildman–Crippen MR) is 142 cm³/mol. The fourth-order valence-corrected chi connectivity index (χ4v) is 7.41. The number of hydrogen-bond acceptors (Lipinski definition) is 16. The number of nitrogen functional groups attached to an aromatic ring is 2. The van der Waals surface area contributed by atoms with Crippen molar-refractivity contribution in [3.8, 4) is 0 Å². The second kappa shape index (κ2) is 8.91. The molecule has 3 aliphatic heterocycles. The van der Waals surface area contributed by atoms with Crippen molar-refractivity contribution in [1.29, 1.82) is 0 Å². The smallest absolute Gasteiger partial charge is 0.386 e. The number of H-pyrrole nitrogens is 1. The number of thiol groups is 1. The molecule has 0 amide bonds. The van der Waals surface area contributed by atoms with Crippen molar-refractivity contribution in [2.45, 2.75) is 48.6 Å². The first-order valence-electron chi connectivity index (χ1n) is 12.7. The Morgan fingerprint density at radius 2 is 1.88 bits per heavy atom. The second-order valence-corrected chi connectivity index (χ2v) is 13.4. The molecule has 4 aromatic rings. The van der Waals surface area contributed by atoms with E-state index in [1.165, 1.54) is 23.5 Å². The number of nitrogens with zero attached hydrogens (tertiary/aromatic N) is 7. The summed E-state index contributed by atoms with van der Waals surface area (Å²) >= 11 is 4.16. The molecule has 4 aliphatic rings. The van der Waals surface area contributed by atoms with Crippen LogP contribution in [0.5, 0.6) is 0 Å². The number of anilines is 2. The lowest BCUT2D eigenvalue weighted by Gasteiger charge is -2.32. The zero-order chi connectivity index (χ0) is 29.1. The van der Waals surface area contributed by atoms with Gasteiger partial charge in [0.15, 0.2) is 35.1 Å². The number of hydrogen-bond donors (Lipinski definition) is 6. The van der Waals surface area contributed by atoms with Crippen LogP contribution in [0.1, 0.15) is 12.5 Å². The van der Waals surface area contributed by atoms with Gasteiger partial charge in [0.05, 0.1) is 38.1 Å². The van der Waals surface area contributed by atoms with Gasteiger partial charge < -0.3 is 35.9 Å². The quantitative estimate of drug-likeness (QED) is 0.101. The Morgan fingerprint density at radius 1 is 1.12 bits per heavy atom. The lowest BCUT2D eigenvalue weighted by Crippen LogP contribution is -2.44. The van der Waals surface area contributed by atoms with E-state index in [-0.39, 0.29) is 29.5 Å². The van der Waals surface area contributed by atoms with Gasteiger partial charge in [0.2, 0.25) is 5.95 Å². The molecule has 7 heterocycles. The van der Waals surface area contributed by atoms with Crippen LogP contribution in [-0.2, 0) is 27.8 Å². The van der Waals surface area contributed by atoms with Gasteiger partial charge in [0.1, 0.15) is 35.8 Å². The molecule has 0 spiro atoms. The Morgan fingerprint density at radius 3 is 2.69 bits per heavy atom. The molecule has 42 heavy (non-hydrogen) atoms. The third-order valence-electron chi connectivity index (χ3n) is 8.05. The molecular weight excluding hydrogens is 599 g/mol. The van der Waals surface area contributed by atoms with Gasteiger partial charge in [-0.3, -0.25) is 28.0 Å². The van der Waals surface area contributed by atoms with Gasteiger partial charge >= 0.3 is 6.80 Å². The zero-order valence-corrected chi connectivity index (χ0v) is 23.0. The fraction of sp³-hybridized carbons (Fsp3) is 0.524. The van der Waals surface area contributed by atoms with Crippen molar-refractivity contribution in [1.82, 2.24) is 39.0 Å². The Balaban J connectivity index is 1.02. The Bertz CT molecular complexity index is 1850. The highest BCUT2D eigenvalue weighted by Gasteiger charge is 2.67. The molecule has 1 saturated carbocycles. The minimum atomic E-state index is -4.19. The highest BCUT2D eigenvalue weighted by molar-refractivity contribution is 8.44. The average Bonchev–Trinajstić information content (AvgIpc) is 3.52. The predicted octanol–water partition coefficient (Wildman–Crippen LogP) is -1.52. The summed E-state index contributed by atoms with van der Waals surface area (Å²) in [6.07, 6.45) is -2.27. The number of nitrogens with one attached hydrogen (secondary N) is 1. The van der Waals surface area contributed by atoms with Crippen molar-refractivity contribution < 1.29 is 38.0 Å². The SMILES string of the molecule is Nc1nc2c(ncn2[C@@H]2O[C@@H]3C(O)C3[C@@H]2OP(=O)(S)OC[C@@]23CO[C@@H]([C@H](n4cnc5c(N)ncnc54)O2)[C@@H]3O)c(=O)[nH]1. The topological polar surface area (TPSA) is 263 Å².